The van der Waals surface area contributed by atoms with Crippen molar-refractivity contribution in [3.8, 4) is 0 Å². The maximum Gasteiger partial charge on any atom is 0.132 e. The number of hydrogen-bond donors (Lipinski definition) is 3. The highest BCUT2D eigenvalue weighted by Crippen LogP contribution is 2.23. The molecule has 2 aromatic rings. The van der Waals surface area contributed by atoms with Gasteiger partial charge in [-0.05, 0) is 25.1 Å². The lowest BCUT2D eigenvalue weighted by atomic mass is 9.95. The van der Waals surface area contributed by atoms with Crippen molar-refractivity contribution in [2.24, 2.45) is 0 Å². The van der Waals surface area contributed by atoms with Crippen LogP contribution < -0.4 is 5.32 Å². The Kier molecular flexibility index (Phi) is 4.72. The molecule has 1 atom stereocenters. The number of nitrogens with one attached hydrogen (secondary N) is 1. The van der Waals surface area contributed by atoms with Crippen molar-refractivity contribution >= 4 is 0 Å². The molecule has 1 aromatic heterocycles. The second-order valence-electron chi connectivity index (χ2n) is 5.03. The number of halogens is 2. The van der Waals surface area contributed by atoms with Gasteiger partial charge >= 0.3 is 0 Å². The van der Waals surface area contributed by atoms with Crippen LogP contribution in [-0.2, 0) is 18.8 Å². The number of benzene rings is 1. The molecule has 0 fully saturated rings. The van der Waals surface area contributed by atoms with E-state index in [2.05, 4.69) is 5.32 Å². The first-order chi connectivity index (χ1) is 9.92. The molecule has 0 saturated carbocycles. The number of hydrogen-bond acceptors (Lipinski definition) is 4. The lowest BCUT2D eigenvalue weighted by Crippen LogP contribution is -2.35. The van der Waals surface area contributed by atoms with Crippen LogP contribution in [0.3, 0.4) is 0 Å². The molecule has 0 aliphatic heterocycles. The van der Waals surface area contributed by atoms with Crippen molar-refractivity contribution < 1.29 is 23.4 Å². The van der Waals surface area contributed by atoms with Crippen LogP contribution in [0.2, 0.25) is 0 Å². The van der Waals surface area contributed by atoms with Gasteiger partial charge in [-0.3, -0.25) is 0 Å². The summed E-state index contributed by atoms with van der Waals surface area (Å²) in [5.74, 6) is -0.438. The standard InChI is InChI=1S/C15H17F2NO3/c1-15(20,13-5-2-10(16)6-14(13)17)9-18-7-11-3-4-12(8-19)21-11/h2-6,18-20H,7-9H2,1H3. The van der Waals surface area contributed by atoms with Crippen molar-refractivity contribution in [3.63, 3.8) is 0 Å². The first-order valence-corrected chi connectivity index (χ1v) is 6.49. The number of rotatable bonds is 6. The van der Waals surface area contributed by atoms with Crippen LogP contribution in [0.1, 0.15) is 24.0 Å². The highest BCUT2D eigenvalue weighted by Gasteiger charge is 2.26. The smallest absolute Gasteiger partial charge is 0.132 e. The molecule has 21 heavy (non-hydrogen) atoms. The second-order valence-corrected chi connectivity index (χ2v) is 5.03. The van der Waals surface area contributed by atoms with E-state index in [-0.39, 0.29) is 18.7 Å². The Balaban J connectivity index is 1.97. The van der Waals surface area contributed by atoms with Crippen LogP contribution in [-0.4, -0.2) is 16.8 Å². The van der Waals surface area contributed by atoms with Gasteiger partial charge in [0, 0.05) is 18.2 Å². The molecule has 0 bridgehead atoms. The summed E-state index contributed by atoms with van der Waals surface area (Å²) in [6, 6.07) is 6.42. The minimum atomic E-state index is -1.48. The molecular weight excluding hydrogens is 280 g/mol. The molecule has 2 rings (SSSR count). The molecule has 0 spiro atoms. The average Bonchev–Trinajstić information content (AvgIpc) is 2.86. The van der Waals surface area contributed by atoms with E-state index < -0.39 is 17.2 Å². The van der Waals surface area contributed by atoms with Gasteiger partial charge in [-0.1, -0.05) is 6.07 Å². The molecule has 0 aliphatic rings. The Bertz CT molecular complexity index is 611. The van der Waals surface area contributed by atoms with Crippen LogP contribution in [0.25, 0.3) is 0 Å². The predicted molar refractivity (Wildman–Crippen MR) is 72.3 cm³/mol. The quantitative estimate of drug-likeness (QED) is 0.763. The molecule has 0 saturated heterocycles. The summed E-state index contributed by atoms with van der Waals surface area (Å²) in [6.07, 6.45) is 0. The van der Waals surface area contributed by atoms with Crippen LogP contribution in [0.15, 0.2) is 34.7 Å². The summed E-state index contributed by atoms with van der Waals surface area (Å²) in [4.78, 5) is 0. The minimum Gasteiger partial charge on any atom is -0.462 e. The van der Waals surface area contributed by atoms with Crippen LogP contribution in [0, 0.1) is 11.6 Å². The number of aliphatic hydroxyl groups excluding tert-OH is 1. The first-order valence-electron chi connectivity index (χ1n) is 6.49. The summed E-state index contributed by atoms with van der Waals surface area (Å²) in [6.45, 7) is 1.64. The number of aliphatic hydroxyl groups is 2. The molecule has 1 aromatic carbocycles. The molecule has 0 amide bonds. The van der Waals surface area contributed by atoms with E-state index in [1.165, 1.54) is 13.0 Å². The normalized spacial score (nSPS) is 14.1. The van der Waals surface area contributed by atoms with Crippen molar-refractivity contribution in [2.75, 3.05) is 6.54 Å². The highest BCUT2D eigenvalue weighted by atomic mass is 19.1. The van der Waals surface area contributed by atoms with Crippen LogP contribution >= 0.6 is 0 Å². The fourth-order valence-corrected chi connectivity index (χ4v) is 2.05. The van der Waals surface area contributed by atoms with Gasteiger partial charge in [0.05, 0.1) is 6.54 Å². The van der Waals surface area contributed by atoms with E-state index in [0.717, 1.165) is 12.1 Å². The maximum absolute atomic E-state index is 13.7. The summed E-state index contributed by atoms with van der Waals surface area (Å²) >= 11 is 0. The molecule has 0 radical (unpaired) electrons. The molecule has 4 nitrogen and oxygen atoms in total. The molecular formula is C15H17F2NO3. The molecule has 1 heterocycles. The summed E-state index contributed by atoms with van der Waals surface area (Å²) in [5, 5.41) is 22.1. The Morgan fingerprint density at radius 3 is 2.52 bits per heavy atom. The van der Waals surface area contributed by atoms with Crippen LogP contribution in [0.5, 0.6) is 0 Å². The predicted octanol–water partition coefficient (Wildman–Crippen LogP) is 2.05. The van der Waals surface area contributed by atoms with E-state index in [0.29, 0.717) is 18.1 Å². The summed E-state index contributed by atoms with van der Waals surface area (Å²) in [7, 11) is 0. The van der Waals surface area contributed by atoms with E-state index in [9.17, 15) is 13.9 Å². The van der Waals surface area contributed by atoms with Gasteiger partial charge in [0.2, 0.25) is 0 Å². The lowest BCUT2D eigenvalue weighted by molar-refractivity contribution is 0.0523. The number of furan rings is 1. The molecule has 6 heteroatoms. The molecule has 0 aliphatic carbocycles. The zero-order chi connectivity index (χ0) is 15.5. The van der Waals surface area contributed by atoms with Gasteiger partial charge in [-0.15, -0.1) is 0 Å². The molecule has 3 N–H and O–H groups in total. The van der Waals surface area contributed by atoms with Crippen molar-refractivity contribution in [1.82, 2.24) is 5.32 Å². The minimum absolute atomic E-state index is 0.0203. The van der Waals surface area contributed by atoms with Gasteiger partial charge < -0.3 is 19.9 Å². The third-order valence-electron chi connectivity index (χ3n) is 3.15. The highest BCUT2D eigenvalue weighted by molar-refractivity contribution is 5.24. The SMILES string of the molecule is CC(O)(CNCc1ccc(CO)o1)c1ccc(F)cc1F. The zero-order valence-corrected chi connectivity index (χ0v) is 11.6. The van der Waals surface area contributed by atoms with Gasteiger partial charge in [0.15, 0.2) is 0 Å². The van der Waals surface area contributed by atoms with Gasteiger partial charge in [0.25, 0.3) is 0 Å². The largest absolute Gasteiger partial charge is 0.462 e. The van der Waals surface area contributed by atoms with E-state index in [1.54, 1.807) is 12.1 Å². The fourth-order valence-electron chi connectivity index (χ4n) is 2.05. The third kappa shape index (κ3) is 3.87. The topological polar surface area (TPSA) is 65.6 Å². The van der Waals surface area contributed by atoms with E-state index >= 15 is 0 Å². The fraction of sp³-hybridized carbons (Fsp3) is 0.333. The van der Waals surface area contributed by atoms with Crippen molar-refractivity contribution in [3.05, 3.63) is 59.1 Å². The Morgan fingerprint density at radius 1 is 1.19 bits per heavy atom. The maximum atomic E-state index is 13.7. The monoisotopic (exact) mass is 297 g/mol. The lowest BCUT2D eigenvalue weighted by Gasteiger charge is -2.24. The van der Waals surface area contributed by atoms with Gasteiger partial charge in [0.1, 0.15) is 35.4 Å². The van der Waals surface area contributed by atoms with E-state index in [1.807, 2.05) is 0 Å². The molecule has 114 valence electrons. The summed E-state index contributed by atoms with van der Waals surface area (Å²) in [5.41, 5.74) is -1.46. The van der Waals surface area contributed by atoms with Crippen molar-refractivity contribution in [1.29, 1.82) is 0 Å². The van der Waals surface area contributed by atoms with E-state index in [4.69, 9.17) is 9.52 Å². The van der Waals surface area contributed by atoms with Gasteiger partial charge in [-0.2, -0.15) is 0 Å². The average molecular weight is 297 g/mol. The second kappa shape index (κ2) is 6.34. The van der Waals surface area contributed by atoms with Gasteiger partial charge in [-0.25, -0.2) is 8.78 Å². The Hall–Kier alpha value is -1.76. The molecule has 1 unspecified atom stereocenters. The zero-order valence-electron chi connectivity index (χ0n) is 11.6. The first kappa shape index (κ1) is 15.6. The van der Waals surface area contributed by atoms with Crippen LogP contribution in [0.4, 0.5) is 8.78 Å². The van der Waals surface area contributed by atoms with Crippen molar-refractivity contribution in [2.45, 2.75) is 25.7 Å². The Morgan fingerprint density at radius 2 is 1.90 bits per heavy atom. The third-order valence-corrected chi connectivity index (χ3v) is 3.15. The Labute approximate surface area is 121 Å². The summed E-state index contributed by atoms with van der Waals surface area (Å²) < 4.78 is 31.8.